The number of amidine groups is 1. The highest BCUT2D eigenvalue weighted by atomic mass is 32.2. The third-order valence-corrected chi connectivity index (χ3v) is 8.35. The SMILES string of the molecule is CCNc1ccc(C#N)cc1N=C1S/C(=C2\Sc3cc(N)ccc3N2CC)C(=O)N1Cc1ccccc1. The zero-order valence-electron chi connectivity index (χ0n) is 20.6. The molecule has 1 fully saturated rings. The van der Waals surface area contributed by atoms with Gasteiger partial charge in [0.05, 0.1) is 35.2 Å². The predicted octanol–water partition coefficient (Wildman–Crippen LogP) is 6.14. The van der Waals surface area contributed by atoms with Gasteiger partial charge in [0.1, 0.15) is 9.93 Å². The van der Waals surface area contributed by atoms with E-state index in [4.69, 9.17) is 10.7 Å². The lowest BCUT2D eigenvalue weighted by Gasteiger charge is -2.19. The van der Waals surface area contributed by atoms with Crippen LogP contribution in [0.3, 0.4) is 0 Å². The summed E-state index contributed by atoms with van der Waals surface area (Å²) in [5.74, 6) is -0.0873. The zero-order valence-corrected chi connectivity index (χ0v) is 22.2. The van der Waals surface area contributed by atoms with E-state index in [2.05, 4.69) is 23.2 Å². The van der Waals surface area contributed by atoms with E-state index in [0.29, 0.717) is 40.1 Å². The molecule has 186 valence electrons. The largest absolute Gasteiger partial charge is 0.399 e. The van der Waals surface area contributed by atoms with Crippen molar-refractivity contribution >= 4 is 57.3 Å². The topological polar surface area (TPSA) is 97.7 Å². The molecule has 5 rings (SSSR count). The van der Waals surface area contributed by atoms with E-state index in [1.807, 2.05) is 61.5 Å². The van der Waals surface area contributed by atoms with Crippen LogP contribution in [0.25, 0.3) is 0 Å². The Morgan fingerprint density at radius 2 is 1.84 bits per heavy atom. The van der Waals surface area contributed by atoms with Crippen molar-refractivity contribution < 1.29 is 4.79 Å². The molecule has 2 heterocycles. The van der Waals surface area contributed by atoms with Gasteiger partial charge in [0, 0.05) is 23.7 Å². The van der Waals surface area contributed by atoms with Gasteiger partial charge in [-0.2, -0.15) is 5.26 Å². The minimum atomic E-state index is -0.0873. The second-order valence-corrected chi connectivity index (χ2v) is 10.5. The van der Waals surface area contributed by atoms with E-state index in [1.54, 1.807) is 28.8 Å². The van der Waals surface area contributed by atoms with Crippen LogP contribution in [0.2, 0.25) is 0 Å². The van der Waals surface area contributed by atoms with Gasteiger partial charge in [-0.15, -0.1) is 0 Å². The number of benzene rings is 3. The Labute approximate surface area is 225 Å². The maximum atomic E-state index is 13.9. The monoisotopic (exact) mass is 526 g/mol. The van der Waals surface area contributed by atoms with E-state index in [-0.39, 0.29) is 5.91 Å². The number of nitrogen functional groups attached to an aromatic ring is 1. The predicted molar refractivity (Wildman–Crippen MR) is 154 cm³/mol. The summed E-state index contributed by atoms with van der Waals surface area (Å²) in [4.78, 5) is 24.4. The van der Waals surface area contributed by atoms with Crippen molar-refractivity contribution in [3.8, 4) is 6.07 Å². The Morgan fingerprint density at radius 3 is 2.57 bits per heavy atom. The molecule has 0 aliphatic carbocycles. The fourth-order valence-electron chi connectivity index (χ4n) is 4.25. The molecule has 0 radical (unpaired) electrons. The van der Waals surface area contributed by atoms with Gasteiger partial charge >= 0.3 is 0 Å². The number of fused-ring (bicyclic) bond motifs is 1. The van der Waals surface area contributed by atoms with Gasteiger partial charge in [0.2, 0.25) is 0 Å². The summed E-state index contributed by atoms with van der Waals surface area (Å²) < 4.78 is 0. The van der Waals surface area contributed by atoms with E-state index in [0.717, 1.165) is 33.4 Å². The number of anilines is 3. The Morgan fingerprint density at radius 1 is 1.03 bits per heavy atom. The molecule has 0 spiro atoms. The van der Waals surface area contributed by atoms with Crippen molar-refractivity contribution in [3.05, 3.63) is 87.8 Å². The van der Waals surface area contributed by atoms with Crippen LogP contribution in [0, 0.1) is 11.3 Å². The summed E-state index contributed by atoms with van der Waals surface area (Å²) >= 11 is 2.94. The van der Waals surface area contributed by atoms with Crippen LogP contribution in [-0.4, -0.2) is 29.1 Å². The number of thioether (sulfide) groups is 2. The third kappa shape index (κ3) is 4.90. The van der Waals surface area contributed by atoms with Crippen LogP contribution in [0.5, 0.6) is 0 Å². The van der Waals surface area contributed by atoms with Gasteiger partial charge in [-0.1, -0.05) is 42.1 Å². The average molecular weight is 527 g/mol. The van der Waals surface area contributed by atoms with Crippen molar-refractivity contribution in [1.82, 2.24) is 4.90 Å². The first-order valence-corrected chi connectivity index (χ1v) is 13.6. The summed E-state index contributed by atoms with van der Waals surface area (Å²) in [5, 5.41) is 14.2. The Balaban J connectivity index is 1.61. The molecular weight excluding hydrogens is 500 g/mol. The molecule has 2 aliphatic heterocycles. The number of nitrogens with one attached hydrogen (secondary N) is 1. The number of carbonyl (C=O) groups excluding carboxylic acids is 1. The van der Waals surface area contributed by atoms with Gasteiger partial charge in [-0.25, -0.2) is 4.99 Å². The molecule has 0 atom stereocenters. The molecule has 7 nitrogen and oxygen atoms in total. The Kier molecular flexibility index (Phi) is 7.12. The van der Waals surface area contributed by atoms with Crippen molar-refractivity contribution in [3.63, 3.8) is 0 Å². The van der Waals surface area contributed by atoms with E-state index in [1.165, 1.54) is 11.8 Å². The highest BCUT2D eigenvalue weighted by Crippen LogP contribution is 2.51. The number of nitriles is 1. The molecule has 2 aliphatic rings. The second-order valence-electron chi connectivity index (χ2n) is 8.46. The lowest BCUT2D eigenvalue weighted by Crippen LogP contribution is -2.29. The molecule has 3 N–H and O–H groups in total. The third-order valence-electron chi connectivity index (χ3n) is 5.99. The lowest BCUT2D eigenvalue weighted by molar-refractivity contribution is -0.122. The first-order valence-electron chi connectivity index (χ1n) is 12.0. The Bertz CT molecular complexity index is 1460. The highest BCUT2D eigenvalue weighted by Gasteiger charge is 2.39. The fraction of sp³-hybridized carbons (Fsp3) is 0.179. The number of hydrogen-bond acceptors (Lipinski definition) is 8. The first-order chi connectivity index (χ1) is 18.0. The van der Waals surface area contributed by atoms with Crippen LogP contribution in [-0.2, 0) is 11.3 Å². The van der Waals surface area contributed by atoms with Gasteiger partial charge < -0.3 is 16.0 Å². The number of nitrogens with zero attached hydrogens (tertiary/aromatic N) is 4. The molecule has 0 aromatic heterocycles. The highest BCUT2D eigenvalue weighted by molar-refractivity contribution is 8.19. The quantitative estimate of drug-likeness (QED) is 0.294. The van der Waals surface area contributed by atoms with Crippen LogP contribution in [0.15, 0.2) is 86.6 Å². The maximum absolute atomic E-state index is 13.9. The Hall–Kier alpha value is -3.87. The van der Waals surface area contributed by atoms with Crippen molar-refractivity contribution in [1.29, 1.82) is 5.26 Å². The van der Waals surface area contributed by atoms with Gasteiger partial charge in [0.25, 0.3) is 5.91 Å². The van der Waals surface area contributed by atoms with Crippen molar-refractivity contribution in [2.45, 2.75) is 25.3 Å². The van der Waals surface area contributed by atoms with Crippen LogP contribution >= 0.6 is 23.5 Å². The lowest BCUT2D eigenvalue weighted by atomic mass is 10.2. The van der Waals surface area contributed by atoms with Crippen molar-refractivity contribution in [2.24, 2.45) is 4.99 Å². The van der Waals surface area contributed by atoms with Crippen LogP contribution < -0.4 is 16.0 Å². The van der Waals surface area contributed by atoms with Crippen LogP contribution in [0.1, 0.15) is 25.0 Å². The molecule has 0 bridgehead atoms. The maximum Gasteiger partial charge on any atom is 0.269 e. The normalized spacial score (nSPS) is 17.9. The fourth-order valence-corrected chi connectivity index (χ4v) is 6.68. The summed E-state index contributed by atoms with van der Waals surface area (Å²) in [6.07, 6.45) is 0. The minimum absolute atomic E-state index is 0.0873. The molecule has 3 aromatic carbocycles. The zero-order chi connectivity index (χ0) is 25.9. The summed E-state index contributed by atoms with van der Waals surface area (Å²) in [6.45, 7) is 5.91. The standard InChI is InChI=1S/C28H26N6OS2/c1-3-31-21-12-10-19(16-29)14-22(21)32-28-34(17-18-8-6-5-7-9-18)26(35)25(37-28)27-33(4-2)23-13-11-20(30)15-24(23)36-27/h5-15,31H,3-4,17,30H2,1-2H3/b27-25-,32-28?. The van der Waals surface area contributed by atoms with Crippen LogP contribution in [0.4, 0.5) is 22.7 Å². The summed E-state index contributed by atoms with van der Waals surface area (Å²) in [7, 11) is 0. The molecule has 0 unspecified atom stereocenters. The van der Waals surface area contributed by atoms with Gasteiger partial charge in [-0.05, 0) is 67.6 Å². The number of carbonyl (C=O) groups is 1. The van der Waals surface area contributed by atoms with Gasteiger partial charge in [-0.3, -0.25) is 9.69 Å². The number of amides is 1. The summed E-state index contributed by atoms with van der Waals surface area (Å²) in [6, 6.07) is 23.3. The number of rotatable bonds is 6. The molecule has 9 heteroatoms. The molecule has 0 saturated carbocycles. The molecule has 37 heavy (non-hydrogen) atoms. The first kappa shape index (κ1) is 24.8. The van der Waals surface area contributed by atoms with E-state index < -0.39 is 0 Å². The molecule has 1 saturated heterocycles. The second kappa shape index (κ2) is 10.6. The van der Waals surface area contributed by atoms with E-state index >= 15 is 0 Å². The van der Waals surface area contributed by atoms with E-state index in [9.17, 15) is 10.1 Å². The number of nitrogens with two attached hydrogens (primary N) is 1. The molecule has 1 amide bonds. The minimum Gasteiger partial charge on any atom is -0.399 e. The van der Waals surface area contributed by atoms with Gasteiger partial charge in [0.15, 0.2) is 5.17 Å². The molecule has 3 aromatic rings. The summed E-state index contributed by atoms with van der Waals surface area (Å²) in [5.41, 5.74) is 10.8. The number of hydrogen-bond donors (Lipinski definition) is 2. The smallest absolute Gasteiger partial charge is 0.269 e. The molecular formula is C28H26N6OS2. The number of aliphatic imine (C=N–C) groups is 1. The van der Waals surface area contributed by atoms with Crippen molar-refractivity contribution in [2.75, 3.05) is 29.0 Å². The average Bonchev–Trinajstić information content (AvgIpc) is 3.42.